The quantitative estimate of drug-likeness (QED) is 0.935. The number of hydrogen-bond acceptors (Lipinski definition) is 5. The molecule has 0 spiro atoms. The van der Waals surface area contributed by atoms with Crippen molar-refractivity contribution in [3.8, 4) is 0 Å². The molecule has 2 N–H and O–H groups in total. The lowest BCUT2D eigenvalue weighted by atomic mass is 10.1. The van der Waals surface area contributed by atoms with E-state index in [1.165, 1.54) is 5.56 Å². The molecule has 2 heterocycles. The molecular weight excluding hydrogens is 288 g/mol. The van der Waals surface area contributed by atoms with Gasteiger partial charge in [0.25, 0.3) is 0 Å². The Labute approximate surface area is 130 Å². The van der Waals surface area contributed by atoms with Gasteiger partial charge >= 0.3 is 0 Å². The summed E-state index contributed by atoms with van der Waals surface area (Å²) in [5.74, 6) is 1.43. The van der Waals surface area contributed by atoms with Crippen LogP contribution in [0.1, 0.15) is 30.1 Å². The number of aromatic nitrogens is 2. The van der Waals surface area contributed by atoms with Crippen molar-refractivity contribution in [2.24, 2.45) is 5.73 Å². The summed E-state index contributed by atoms with van der Waals surface area (Å²) in [6, 6.07) is 10.5. The number of halogens is 1. The lowest BCUT2D eigenvalue weighted by molar-refractivity contribution is 0.178. The predicted octanol–water partition coefficient (Wildman–Crippen LogP) is 2.01. The minimum Gasteiger partial charge on any atom is -0.338 e. The van der Waals surface area contributed by atoms with E-state index >= 15 is 0 Å². The smallest absolute Gasteiger partial charge is 0.240 e. The molecule has 1 aliphatic rings. The number of hydrogen-bond donors (Lipinski definition) is 1. The van der Waals surface area contributed by atoms with Crippen molar-refractivity contribution in [2.45, 2.75) is 31.8 Å². The first-order valence-corrected chi connectivity index (χ1v) is 7.13. The van der Waals surface area contributed by atoms with Gasteiger partial charge in [0.1, 0.15) is 0 Å². The predicted molar refractivity (Wildman–Crippen MR) is 83.3 cm³/mol. The molecule has 1 unspecified atom stereocenters. The fourth-order valence-electron chi connectivity index (χ4n) is 2.63. The maximum absolute atomic E-state index is 5.98. The maximum atomic E-state index is 5.98. The van der Waals surface area contributed by atoms with Gasteiger partial charge in [-0.15, -0.1) is 12.4 Å². The standard InChI is InChI=1S/C15H20N4O.ClH/c16-13-7-4-8-19(10-13)11-15-17-14(18-20-15)9-12-5-2-1-3-6-12;/h1-3,5-6,13H,4,7-11,16H2;1H. The molecule has 0 saturated carbocycles. The minimum atomic E-state index is 0. The summed E-state index contributed by atoms with van der Waals surface area (Å²) >= 11 is 0. The minimum absolute atomic E-state index is 0. The van der Waals surface area contributed by atoms with E-state index in [1.807, 2.05) is 18.2 Å². The van der Waals surface area contributed by atoms with Crippen LogP contribution in [0, 0.1) is 0 Å². The van der Waals surface area contributed by atoms with Crippen molar-refractivity contribution in [3.63, 3.8) is 0 Å². The van der Waals surface area contributed by atoms with E-state index in [0.29, 0.717) is 18.9 Å². The Balaban J connectivity index is 0.00000161. The van der Waals surface area contributed by atoms with Crippen molar-refractivity contribution < 1.29 is 4.52 Å². The Morgan fingerprint density at radius 2 is 2.10 bits per heavy atom. The molecule has 114 valence electrons. The van der Waals surface area contributed by atoms with Crippen LogP contribution in [0.3, 0.4) is 0 Å². The molecule has 1 saturated heterocycles. The molecule has 0 amide bonds. The molecule has 1 fully saturated rings. The van der Waals surface area contributed by atoms with E-state index in [4.69, 9.17) is 10.3 Å². The van der Waals surface area contributed by atoms with E-state index in [0.717, 1.165) is 31.8 Å². The first-order valence-electron chi connectivity index (χ1n) is 7.13. The fourth-order valence-corrected chi connectivity index (χ4v) is 2.63. The van der Waals surface area contributed by atoms with Crippen LogP contribution in [0.15, 0.2) is 34.9 Å². The number of likely N-dealkylation sites (tertiary alicyclic amines) is 1. The molecule has 1 aromatic carbocycles. The summed E-state index contributed by atoms with van der Waals surface area (Å²) in [4.78, 5) is 6.75. The largest absolute Gasteiger partial charge is 0.338 e. The number of rotatable bonds is 4. The van der Waals surface area contributed by atoms with Gasteiger partial charge < -0.3 is 10.3 Å². The van der Waals surface area contributed by atoms with Gasteiger partial charge in [-0.25, -0.2) is 0 Å². The zero-order valence-electron chi connectivity index (χ0n) is 11.9. The van der Waals surface area contributed by atoms with Gasteiger partial charge in [0.2, 0.25) is 5.89 Å². The Morgan fingerprint density at radius 3 is 2.86 bits per heavy atom. The number of benzene rings is 1. The van der Waals surface area contributed by atoms with Crippen molar-refractivity contribution in [2.75, 3.05) is 13.1 Å². The summed E-state index contributed by atoms with van der Waals surface area (Å²) in [5, 5.41) is 4.05. The molecule has 6 heteroatoms. The molecule has 1 atom stereocenters. The van der Waals surface area contributed by atoms with Crippen molar-refractivity contribution >= 4 is 12.4 Å². The molecule has 1 aliphatic heterocycles. The van der Waals surface area contributed by atoms with Gasteiger partial charge in [0.05, 0.1) is 6.54 Å². The lowest BCUT2D eigenvalue weighted by Crippen LogP contribution is -2.42. The Morgan fingerprint density at radius 1 is 1.29 bits per heavy atom. The SMILES string of the molecule is Cl.NC1CCCN(Cc2nc(Cc3ccccc3)no2)C1. The van der Waals surface area contributed by atoms with Crippen LogP contribution in [0.4, 0.5) is 0 Å². The second-order valence-electron chi connectivity index (χ2n) is 5.40. The van der Waals surface area contributed by atoms with Crippen LogP contribution in [-0.4, -0.2) is 34.2 Å². The van der Waals surface area contributed by atoms with Gasteiger partial charge in [-0.1, -0.05) is 35.5 Å². The Bertz CT molecular complexity index is 546. The van der Waals surface area contributed by atoms with Gasteiger partial charge in [0.15, 0.2) is 5.82 Å². The van der Waals surface area contributed by atoms with Crippen LogP contribution < -0.4 is 5.73 Å². The van der Waals surface area contributed by atoms with Gasteiger partial charge in [-0.3, -0.25) is 4.90 Å². The molecular formula is C15H21ClN4O. The highest BCUT2D eigenvalue weighted by Gasteiger charge is 2.19. The average molecular weight is 309 g/mol. The third kappa shape index (κ3) is 4.52. The van der Waals surface area contributed by atoms with Crippen LogP contribution >= 0.6 is 12.4 Å². The number of nitrogens with zero attached hydrogens (tertiary/aromatic N) is 3. The second-order valence-corrected chi connectivity index (χ2v) is 5.40. The summed E-state index contributed by atoms with van der Waals surface area (Å²) < 4.78 is 5.33. The van der Waals surface area contributed by atoms with E-state index in [-0.39, 0.29) is 18.4 Å². The molecule has 0 radical (unpaired) electrons. The van der Waals surface area contributed by atoms with Crippen molar-refractivity contribution in [1.82, 2.24) is 15.0 Å². The van der Waals surface area contributed by atoms with Gasteiger partial charge in [-0.05, 0) is 24.9 Å². The maximum Gasteiger partial charge on any atom is 0.240 e. The van der Waals surface area contributed by atoms with Gasteiger partial charge in [-0.2, -0.15) is 4.98 Å². The summed E-state index contributed by atoms with van der Waals surface area (Å²) in [7, 11) is 0. The van der Waals surface area contributed by atoms with Crippen LogP contribution in [0.2, 0.25) is 0 Å². The highest BCUT2D eigenvalue weighted by Crippen LogP contribution is 2.12. The fraction of sp³-hybridized carbons (Fsp3) is 0.467. The number of nitrogens with two attached hydrogens (primary N) is 1. The third-order valence-corrected chi connectivity index (χ3v) is 3.62. The topological polar surface area (TPSA) is 68.2 Å². The normalized spacial score (nSPS) is 19.2. The average Bonchev–Trinajstić information content (AvgIpc) is 2.87. The molecule has 3 rings (SSSR count). The molecule has 0 aliphatic carbocycles. The van der Waals surface area contributed by atoms with Crippen molar-refractivity contribution in [3.05, 3.63) is 47.6 Å². The lowest BCUT2D eigenvalue weighted by Gasteiger charge is -2.29. The summed E-state index contributed by atoms with van der Waals surface area (Å²) in [6.45, 7) is 2.68. The van der Waals surface area contributed by atoms with Crippen LogP contribution in [0.25, 0.3) is 0 Å². The Hall–Kier alpha value is -1.43. The highest BCUT2D eigenvalue weighted by molar-refractivity contribution is 5.85. The highest BCUT2D eigenvalue weighted by atomic mass is 35.5. The first-order chi connectivity index (χ1) is 9.79. The summed E-state index contributed by atoms with van der Waals surface area (Å²) in [6.07, 6.45) is 2.97. The van der Waals surface area contributed by atoms with Gasteiger partial charge in [0, 0.05) is 19.0 Å². The first kappa shape index (κ1) is 15.9. The molecule has 1 aromatic heterocycles. The zero-order valence-corrected chi connectivity index (χ0v) is 12.8. The second kappa shape index (κ2) is 7.54. The third-order valence-electron chi connectivity index (χ3n) is 3.62. The van der Waals surface area contributed by atoms with Crippen LogP contribution in [-0.2, 0) is 13.0 Å². The van der Waals surface area contributed by atoms with Crippen LogP contribution in [0.5, 0.6) is 0 Å². The monoisotopic (exact) mass is 308 g/mol. The molecule has 2 aromatic rings. The number of piperidine rings is 1. The van der Waals surface area contributed by atoms with E-state index < -0.39 is 0 Å². The molecule has 21 heavy (non-hydrogen) atoms. The van der Waals surface area contributed by atoms with E-state index in [9.17, 15) is 0 Å². The van der Waals surface area contributed by atoms with Crippen molar-refractivity contribution in [1.29, 1.82) is 0 Å². The summed E-state index contributed by atoms with van der Waals surface area (Å²) in [5.41, 5.74) is 7.17. The molecule has 5 nitrogen and oxygen atoms in total. The zero-order chi connectivity index (χ0) is 13.8. The molecule has 0 bridgehead atoms. The van der Waals surface area contributed by atoms with E-state index in [1.54, 1.807) is 0 Å². The Kier molecular flexibility index (Phi) is 5.73. The van der Waals surface area contributed by atoms with E-state index in [2.05, 4.69) is 27.2 Å².